The number of carbonyl (C=O) groups is 5. The number of amides is 5. The minimum atomic E-state index is -0.746. The highest BCUT2D eigenvalue weighted by atomic mass is 19.1. The second-order valence-electron chi connectivity index (χ2n) is 17.2. The monoisotopic (exact) mass is 833 g/mol. The molecule has 7 heterocycles. The van der Waals surface area contributed by atoms with Crippen molar-refractivity contribution < 1.29 is 28.4 Å². The fourth-order valence-corrected chi connectivity index (χ4v) is 9.87. The SMILES string of the molecule is CN(C)C(=O)c1cc2cnc(Nc3ccc(N4CCN(C(=O)CCN5CCC(c6cc(F)cc7c6CN(C6CCC(=O)NC6=O)C7=O)CC5)CC4)cn3)nc2n1C1CCCC1. The molecule has 2 N–H and O–H groups in total. The number of imide groups is 1. The number of benzene rings is 1. The summed E-state index contributed by atoms with van der Waals surface area (Å²) < 4.78 is 17.0. The summed E-state index contributed by atoms with van der Waals surface area (Å²) >= 11 is 0. The highest BCUT2D eigenvalue weighted by Gasteiger charge is 2.41. The number of piperazine rings is 1. The number of aromatic nitrogens is 4. The number of pyridine rings is 1. The summed E-state index contributed by atoms with van der Waals surface area (Å²) in [5.41, 5.74) is 4.24. The Morgan fingerprint density at radius 1 is 0.918 bits per heavy atom. The smallest absolute Gasteiger partial charge is 0.270 e. The summed E-state index contributed by atoms with van der Waals surface area (Å²) in [6, 6.07) is 8.08. The van der Waals surface area contributed by atoms with Gasteiger partial charge in [-0.2, -0.15) is 4.98 Å². The second-order valence-corrected chi connectivity index (χ2v) is 17.2. The largest absolute Gasteiger partial charge is 0.367 e. The molecule has 9 rings (SSSR count). The number of piperidine rings is 2. The van der Waals surface area contributed by atoms with Gasteiger partial charge in [0.25, 0.3) is 11.8 Å². The topological polar surface area (TPSA) is 169 Å². The predicted octanol–water partition coefficient (Wildman–Crippen LogP) is 4.21. The van der Waals surface area contributed by atoms with Crippen molar-refractivity contribution in [2.75, 3.05) is 70.1 Å². The van der Waals surface area contributed by atoms with Crippen molar-refractivity contribution in [3.63, 3.8) is 0 Å². The van der Waals surface area contributed by atoms with Crippen LogP contribution in [-0.4, -0.2) is 135 Å². The number of nitrogens with zero attached hydrogens (tertiary/aromatic N) is 9. The highest BCUT2D eigenvalue weighted by Crippen LogP contribution is 2.38. The molecule has 3 aromatic heterocycles. The first kappa shape index (κ1) is 40.4. The minimum absolute atomic E-state index is 0.0488. The maximum atomic E-state index is 14.9. The maximum Gasteiger partial charge on any atom is 0.270 e. The van der Waals surface area contributed by atoms with Gasteiger partial charge in [0.1, 0.15) is 29.0 Å². The summed E-state index contributed by atoms with van der Waals surface area (Å²) in [4.78, 5) is 87.5. The average molecular weight is 834 g/mol. The normalized spacial score (nSPS) is 20.4. The molecule has 1 aliphatic carbocycles. The van der Waals surface area contributed by atoms with Gasteiger partial charge in [0.15, 0.2) is 0 Å². The van der Waals surface area contributed by atoms with Gasteiger partial charge in [0, 0.05) is 89.4 Å². The Morgan fingerprint density at radius 3 is 2.39 bits per heavy atom. The Labute approximate surface area is 353 Å². The van der Waals surface area contributed by atoms with Gasteiger partial charge in [-0.15, -0.1) is 0 Å². The Hall–Kier alpha value is -5.97. The first-order chi connectivity index (χ1) is 29.5. The van der Waals surface area contributed by atoms with Gasteiger partial charge in [-0.3, -0.25) is 29.3 Å². The molecule has 5 amide bonds. The van der Waals surface area contributed by atoms with E-state index in [0.717, 1.165) is 79.5 Å². The van der Waals surface area contributed by atoms with Crippen LogP contribution >= 0.6 is 0 Å². The highest BCUT2D eigenvalue weighted by molar-refractivity contribution is 6.05. The summed E-state index contributed by atoms with van der Waals surface area (Å²) in [5.74, 6) is -0.504. The molecule has 17 heteroatoms. The molecule has 5 aliphatic rings. The molecule has 0 radical (unpaired) electrons. The molecule has 0 spiro atoms. The lowest BCUT2D eigenvalue weighted by molar-refractivity contribution is -0.137. The van der Waals surface area contributed by atoms with Crippen LogP contribution in [0.2, 0.25) is 0 Å². The van der Waals surface area contributed by atoms with Gasteiger partial charge in [0.2, 0.25) is 23.7 Å². The van der Waals surface area contributed by atoms with E-state index in [4.69, 9.17) is 4.98 Å². The first-order valence-electron chi connectivity index (χ1n) is 21.6. The van der Waals surface area contributed by atoms with Crippen LogP contribution in [0, 0.1) is 5.82 Å². The van der Waals surface area contributed by atoms with Gasteiger partial charge >= 0.3 is 0 Å². The molecule has 1 aromatic carbocycles. The van der Waals surface area contributed by atoms with Crippen molar-refractivity contribution in [1.82, 2.24) is 44.4 Å². The Balaban J connectivity index is 0.747. The molecule has 3 saturated heterocycles. The lowest BCUT2D eigenvalue weighted by atomic mass is 9.85. The summed E-state index contributed by atoms with van der Waals surface area (Å²) in [7, 11) is 3.53. The van der Waals surface area contributed by atoms with Crippen molar-refractivity contribution in [2.45, 2.75) is 82.3 Å². The minimum Gasteiger partial charge on any atom is -0.367 e. The van der Waals surface area contributed by atoms with E-state index in [1.165, 1.54) is 17.0 Å². The molecule has 4 aromatic rings. The summed E-state index contributed by atoms with van der Waals surface area (Å²) in [6.07, 6.45) is 10.3. The fraction of sp³-hybridized carbons (Fsp3) is 0.500. The van der Waals surface area contributed by atoms with Gasteiger partial charge in [-0.1, -0.05) is 12.8 Å². The number of nitrogens with one attached hydrogen (secondary N) is 2. The van der Waals surface area contributed by atoms with Crippen LogP contribution in [0.25, 0.3) is 11.0 Å². The zero-order chi connectivity index (χ0) is 42.4. The third-order valence-corrected chi connectivity index (χ3v) is 13.2. The molecule has 1 saturated carbocycles. The van der Waals surface area contributed by atoms with Crippen molar-refractivity contribution in [3.05, 3.63) is 70.9 Å². The second kappa shape index (κ2) is 16.8. The third kappa shape index (κ3) is 8.14. The van der Waals surface area contributed by atoms with E-state index in [2.05, 4.69) is 35.0 Å². The molecule has 1 unspecified atom stereocenters. The van der Waals surface area contributed by atoms with Gasteiger partial charge in [-0.05, 0) is 92.6 Å². The zero-order valence-corrected chi connectivity index (χ0v) is 34.7. The van der Waals surface area contributed by atoms with E-state index in [1.54, 1.807) is 25.2 Å². The summed E-state index contributed by atoms with van der Waals surface area (Å²) in [6.45, 7) is 5.01. The number of rotatable bonds is 10. The Bertz CT molecular complexity index is 2360. The van der Waals surface area contributed by atoms with Crippen LogP contribution in [-0.2, 0) is 20.9 Å². The molecule has 4 fully saturated rings. The molecule has 61 heavy (non-hydrogen) atoms. The van der Waals surface area contributed by atoms with E-state index >= 15 is 0 Å². The number of fused-ring (bicyclic) bond motifs is 2. The maximum absolute atomic E-state index is 14.9. The number of carbonyl (C=O) groups excluding carboxylic acids is 5. The number of hydrogen-bond donors (Lipinski definition) is 2. The van der Waals surface area contributed by atoms with Crippen molar-refractivity contribution in [1.29, 1.82) is 0 Å². The molecule has 16 nitrogen and oxygen atoms in total. The molecule has 320 valence electrons. The van der Waals surface area contributed by atoms with Gasteiger partial charge < -0.3 is 34.4 Å². The average Bonchev–Trinajstić information content (AvgIpc) is 4.01. The van der Waals surface area contributed by atoms with Crippen LogP contribution in [0.1, 0.15) is 102 Å². The quantitative estimate of drug-likeness (QED) is 0.220. The fourth-order valence-electron chi connectivity index (χ4n) is 9.87. The third-order valence-electron chi connectivity index (χ3n) is 13.2. The number of anilines is 3. The van der Waals surface area contributed by atoms with Crippen molar-refractivity contribution in [3.8, 4) is 0 Å². The molecule has 1 atom stereocenters. The van der Waals surface area contributed by atoms with Crippen molar-refractivity contribution >= 4 is 58.0 Å². The van der Waals surface area contributed by atoms with E-state index in [9.17, 15) is 28.4 Å². The Morgan fingerprint density at radius 2 is 1.69 bits per heavy atom. The summed E-state index contributed by atoms with van der Waals surface area (Å²) in [5, 5.41) is 6.40. The molecular formula is C44H52FN11O5. The van der Waals surface area contributed by atoms with E-state index in [0.29, 0.717) is 62.2 Å². The van der Waals surface area contributed by atoms with Crippen LogP contribution in [0.5, 0.6) is 0 Å². The Kier molecular flexibility index (Phi) is 11.2. The lowest BCUT2D eigenvalue weighted by Gasteiger charge is -2.37. The first-order valence-corrected chi connectivity index (χ1v) is 21.6. The number of halogens is 1. The van der Waals surface area contributed by atoms with E-state index < -0.39 is 17.8 Å². The van der Waals surface area contributed by atoms with Crippen LogP contribution in [0.4, 0.5) is 21.8 Å². The van der Waals surface area contributed by atoms with Crippen LogP contribution < -0.4 is 15.5 Å². The molecular weight excluding hydrogens is 782 g/mol. The zero-order valence-electron chi connectivity index (χ0n) is 34.7. The number of likely N-dealkylation sites (tertiary alicyclic amines) is 1. The van der Waals surface area contributed by atoms with Crippen LogP contribution in [0.3, 0.4) is 0 Å². The van der Waals surface area contributed by atoms with E-state index in [-0.39, 0.29) is 55.0 Å². The standard InChI is InChI=1S/C44H52FN11O5/c1-51(2)43(61)36-21-28-24-47-44(50-40(28)56(36)30-5-3-4-6-30)48-37-9-7-31(25-46-37)53-17-19-54(20-18-53)39(58)13-16-52-14-11-27(12-15-52)32-22-29(45)23-33-34(32)26-55(42(33)60)35-8-10-38(57)49-41(35)59/h7,9,21-25,27,30,35H,3-6,8,10-20,26H2,1-2H3,(H,49,57,59)(H,46,47,48,50). The van der Waals surface area contributed by atoms with Gasteiger partial charge in [0.05, 0.1) is 11.9 Å². The van der Waals surface area contributed by atoms with Crippen molar-refractivity contribution in [2.24, 2.45) is 0 Å². The number of hydrogen-bond acceptors (Lipinski definition) is 11. The molecule has 4 aliphatic heterocycles. The lowest BCUT2D eigenvalue weighted by Crippen LogP contribution is -2.52. The van der Waals surface area contributed by atoms with Gasteiger partial charge in [-0.25, -0.2) is 14.4 Å². The van der Waals surface area contributed by atoms with E-state index in [1.807, 2.05) is 29.3 Å². The molecule has 0 bridgehead atoms. The van der Waals surface area contributed by atoms with Crippen LogP contribution in [0.15, 0.2) is 42.7 Å². The predicted molar refractivity (Wildman–Crippen MR) is 225 cm³/mol.